The Morgan fingerprint density at radius 2 is 1.88 bits per heavy atom. The van der Waals surface area contributed by atoms with Crippen LogP contribution in [0.15, 0.2) is 12.1 Å². The molecule has 3 nitrogen and oxygen atoms in total. The molecule has 0 heterocycles. The number of nitriles is 1. The second-order valence-corrected chi connectivity index (χ2v) is 6.84. The SMILES string of the molecule is CCCCCCC1CCC(C(=O)Oc2ccc(C#N)c(F)c2F)CC1. The van der Waals surface area contributed by atoms with Gasteiger partial charge in [0.25, 0.3) is 0 Å². The molecule has 1 saturated carbocycles. The van der Waals surface area contributed by atoms with E-state index in [2.05, 4.69) is 6.92 Å². The van der Waals surface area contributed by atoms with Crippen molar-refractivity contribution in [2.45, 2.75) is 64.7 Å². The van der Waals surface area contributed by atoms with Gasteiger partial charge in [-0.25, -0.2) is 4.39 Å². The number of carbonyl (C=O) groups excluding carboxylic acids is 1. The summed E-state index contributed by atoms with van der Waals surface area (Å²) in [6.45, 7) is 2.19. The van der Waals surface area contributed by atoms with Crippen LogP contribution in [0.2, 0.25) is 0 Å². The Labute approximate surface area is 148 Å². The second-order valence-electron chi connectivity index (χ2n) is 6.84. The summed E-state index contributed by atoms with van der Waals surface area (Å²) in [6, 6.07) is 3.81. The van der Waals surface area contributed by atoms with Gasteiger partial charge in [-0.05, 0) is 43.7 Å². The van der Waals surface area contributed by atoms with Gasteiger partial charge in [0.2, 0.25) is 5.82 Å². The van der Waals surface area contributed by atoms with Gasteiger partial charge >= 0.3 is 5.97 Å². The topological polar surface area (TPSA) is 50.1 Å². The number of ether oxygens (including phenoxy) is 1. The molecule has 0 aromatic heterocycles. The summed E-state index contributed by atoms with van der Waals surface area (Å²) in [5.41, 5.74) is -0.402. The number of hydrogen-bond acceptors (Lipinski definition) is 3. The maximum absolute atomic E-state index is 13.8. The lowest BCUT2D eigenvalue weighted by Gasteiger charge is -2.27. The van der Waals surface area contributed by atoms with Gasteiger partial charge in [-0.2, -0.15) is 9.65 Å². The average molecular weight is 349 g/mol. The first kappa shape index (κ1) is 19.4. The Morgan fingerprint density at radius 1 is 1.16 bits per heavy atom. The lowest BCUT2D eigenvalue weighted by atomic mass is 9.80. The summed E-state index contributed by atoms with van der Waals surface area (Å²) in [5.74, 6) is -3.11. The van der Waals surface area contributed by atoms with Crippen LogP contribution >= 0.6 is 0 Å². The number of unbranched alkanes of at least 4 members (excludes halogenated alkanes) is 3. The molecule has 1 aromatic rings. The molecular weight excluding hydrogens is 324 g/mol. The largest absolute Gasteiger partial charge is 0.423 e. The minimum absolute atomic E-state index is 0.259. The summed E-state index contributed by atoms with van der Waals surface area (Å²) in [6.07, 6.45) is 9.64. The predicted octanol–water partition coefficient (Wildman–Crippen LogP) is 5.52. The van der Waals surface area contributed by atoms with Crippen molar-refractivity contribution >= 4 is 5.97 Å². The summed E-state index contributed by atoms with van der Waals surface area (Å²) >= 11 is 0. The summed E-state index contributed by atoms with van der Waals surface area (Å²) < 4.78 is 32.5. The van der Waals surface area contributed by atoms with E-state index in [-0.39, 0.29) is 5.92 Å². The predicted molar refractivity (Wildman–Crippen MR) is 90.9 cm³/mol. The van der Waals surface area contributed by atoms with Crippen LogP contribution in [0.5, 0.6) is 5.75 Å². The maximum Gasteiger partial charge on any atom is 0.314 e. The van der Waals surface area contributed by atoms with Gasteiger partial charge < -0.3 is 4.74 Å². The van der Waals surface area contributed by atoms with Crippen LogP contribution in [0, 0.1) is 34.8 Å². The van der Waals surface area contributed by atoms with E-state index in [1.165, 1.54) is 32.1 Å². The molecule has 0 N–H and O–H groups in total. The molecule has 5 heteroatoms. The van der Waals surface area contributed by atoms with Gasteiger partial charge in [-0.3, -0.25) is 4.79 Å². The monoisotopic (exact) mass is 349 g/mol. The third kappa shape index (κ3) is 5.26. The van der Waals surface area contributed by atoms with Gasteiger partial charge in [0, 0.05) is 0 Å². The third-order valence-corrected chi connectivity index (χ3v) is 5.02. The minimum atomic E-state index is -1.28. The third-order valence-electron chi connectivity index (χ3n) is 5.02. The lowest BCUT2D eigenvalue weighted by Crippen LogP contribution is -2.26. The standard InChI is InChI=1S/C20H25F2NO2/c1-2-3-4-5-6-14-7-9-15(10-8-14)20(24)25-17-12-11-16(13-23)18(21)19(17)22/h11-12,14-15H,2-10H2,1H3. The van der Waals surface area contributed by atoms with Gasteiger partial charge in [0.1, 0.15) is 6.07 Å². The Kier molecular flexibility index (Phi) is 7.36. The van der Waals surface area contributed by atoms with Gasteiger partial charge in [-0.15, -0.1) is 0 Å². The molecule has 1 aliphatic carbocycles. The fourth-order valence-corrected chi connectivity index (χ4v) is 3.44. The molecule has 0 atom stereocenters. The molecule has 1 aliphatic rings. The van der Waals surface area contributed by atoms with Crippen LogP contribution in [0.25, 0.3) is 0 Å². The van der Waals surface area contributed by atoms with E-state index >= 15 is 0 Å². The second kappa shape index (κ2) is 9.50. The smallest absolute Gasteiger partial charge is 0.314 e. The molecule has 1 fully saturated rings. The first-order chi connectivity index (χ1) is 12.1. The zero-order valence-corrected chi connectivity index (χ0v) is 14.7. The molecule has 25 heavy (non-hydrogen) atoms. The van der Waals surface area contributed by atoms with E-state index in [9.17, 15) is 13.6 Å². The van der Waals surface area contributed by atoms with Crippen molar-refractivity contribution in [2.24, 2.45) is 11.8 Å². The van der Waals surface area contributed by atoms with E-state index in [0.29, 0.717) is 5.92 Å². The van der Waals surface area contributed by atoms with Crippen LogP contribution in [0.4, 0.5) is 8.78 Å². The van der Waals surface area contributed by atoms with Gasteiger partial charge in [0.05, 0.1) is 11.5 Å². The maximum atomic E-state index is 13.8. The van der Waals surface area contributed by atoms with Gasteiger partial charge in [-0.1, -0.05) is 39.0 Å². The number of hydrogen-bond donors (Lipinski definition) is 0. The highest BCUT2D eigenvalue weighted by Gasteiger charge is 2.28. The average Bonchev–Trinajstić information content (AvgIpc) is 2.63. The molecule has 0 aliphatic heterocycles. The van der Waals surface area contributed by atoms with Gasteiger partial charge in [0.15, 0.2) is 11.6 Å². The molecule has 0 saturated heterocycles. The van der Waals surface area contributed by atoms with E-state index in [1.807, 2.05) is 0 Å². The lowest BCUT2D eigenvalue weighted by molar-refractivity contribution is -0.140. The quantitative estimate of drug-likeness (QED) is 0.370. The summed E-state index contributed by atoms with van der Waals surface area (Å²) in [7, 11) is 0. The Bertz CT molecular complexity index is 631. The van der Waals surface area contributed by atoms with Crippen molar-refractivity contribution in [3.63, 3.8) is 0 Å². The molecule has 0 bridgehead atoms. The summed E-state index contributed by atoms with van der Waals surface area (Å²) in [5, 5.41) is 8.67. The minimum Gasteiger partial charge on any atom is -0.423 e. The molecule has 136 valence electrons. The first-order valence-corrected chi connectivity index (χ1v) is 9.16. The number of benzene rings is 1. The highest BCUT2D eigenvalue weighted by Crippen LogP contribution is 2.33. The van der Waals surface area contributed by atoms with Crippen molar-refractivity contribution in [3.8, 4) is 11.8 Å². The number of rotatable bonds is 7. The van der Waals surface area contributed by atoms with Crippen LogP contribution in [-0.2, 0) is 4.79 Å². The zero-order valence-electron chi connectivity index (χ0n) is 14.7. The van der Waals surface area contributed by atoms with Crippen molar-refractivity contribution in [1.29, 1.82) is 5.26 Å². The highest BCUT2D eigenvalue weighted by atomic mass is 19.2. The van der Waals surface area contributed by atoms with Crippen LogP contribution in [0.3, 0.4) is 0 Å². The van der Waals surface area contributed by atoms with E-state index in [1.54, 1.807) is 6.07 Å². The normalized spacial score (nSPS) is 20.1. The van der Waals surface area contributed by atoms with E-state index in [4.69, 9.17) is 10.00 Å². The van der Waals surface area contributed by atoms with Crippen molar-refractivity contribution in [1.82, 2.24) is 0 Å². The van der Waals surface area contributed by atoms with Crippen LogP contribution < -0.4 is 4.74 Å². The molecule has 0 spiro atoms. The molecule has 2 rings (SSSR count). The Balaban J connectivity index is 1.83. The molecule has 0 radical (unpaired) electrons. The number of nitrogens with zero attached hydrogens (tertiary/aromatic N) is 1. The molecule has 0 amide bonds. The molecular formula is C20H25F2NO2. The van der Waals surface area contributed by atoms with Crippen molar-refractivity contribution in [2.75, 3.05) is 0 Å². The zero-order chi connectivity index (χ0) is 18.2. The molecule has 0 unspecified atom stereocenters. The number of halogens is 2. The Morgan fingerprint density at radius 3 is 2.52 bits per heavy atom. The summed E-state index contributed by atoms with van der Waals surface area (Å²) in [4.78, 5) is 12.2. The Hall–Kier alpha value is -1.96. The van der Waals surface area contributed by atoms with Crippen molar-refractivity contribution in [3.05, 3.63) is 29.3 Å². The van der Waals surface area contributed by atoms with Crippen LogP contribution in [0.1, 0.15) is 70.3 Å². The molecule has 1 aromatic carbocycles. The van der Waals surface area contributed by atoms with Crippen LogP contribution in [-0.4, -0.2) is 5.97 Å². The van der Waals surface area contributed by atoms with E-state index in [0.717, 1.165) is 37.8 Å². The fraction of sp³-hybridized carbons (Fsp3) is 0.600. The number of carbonyl (C=O) groups is 1. The fourth-order valence-electron chi connectivity index (χ4n) is 3.44. The number of esters is 1. The highest BCUT2D eigenvalue weighted by molar-refractivity contribution is 5.75. The van der Waals surface area contributed by atoms with Crippen molar-refractivity contribution < 1.29 is 18.3 Å². The first-order valence-electron chi connectivity index (χ1n) is 9.16. The van der Waals surface area contributed by atoms with E-state index < -0.39 is 28.9 Å².